The fourth-order valence-electron chi connectivity index (χ4n) is 3.26. The van der Waals surface area contributed by atoms with Gasteiger partial charge in [0.1, 0.15) is 5.82 Å². The van der Waals surface area contributed by atoms with Crippen LogP contribution in [0.15, 0.2) is 18.2 Å². The van der Waals surface area contributed by atoms with Crippen molar-refractivity contribution in [2.75, 3.05) is 32.7 Å². The van der Waals surface area contributed by atoms with Gasteiger partial charge in [-0.2, -0.15) is 0 Å². The molecule has 2 fully saturated rings. The summed E-state index contributed by atoms with van der Waals surface area (Å²) < 4.78 is 13.9. The van der Waals surface area contributed by atoms with Crippen molar-refractivity contribution in [3.63, 3.8) is 0 Å². The molecule has 1 aromatic rings. The Kier molecular flexibility index (Phi) is 5.36. The molecule has 1 atom stereocenters. The van der Waals surface area contributed by atoms with Crippen LogP contribution in [0, 0.1) is 5.82 Å². The number of nitrogens with one attached hydrogen (secondary N) is 1. The summed E-state index contributed by atoms with van der Waals surface area (Å²) in [4.78, 5) is 28.1. The number of nitrogens with zero attached hydrogens (tertiary/aromatic N) is 2. The van der Waals surface area contributed by atoms with Crippen molar-refractivity contribution in [1.29, 1.82) is 0 Å². The van der Waals surface area contributed by atoms with Gasteiger partial charge in [-0.05, 0) is 37.6 Å². The average Bonchev–Trinajstić information content (AvgIpc) is 3.07. The SMILES string of the molecule is O=C(CC1CCCN1)N1CCN(C(=O)c2ccc(Cl)cc2F)CC1. The van der Waals surface area contributed by atoms with Crippen LogP contribution < -0.4 is 5.32 Å². The van der Waals surface area contributed by atoms with Crippen LogP contribution in [-0.2, 0) is 4.79 Å². The predicted octanol–water partition coefficient (Wildman–Crippen LogP) is 1.91. The van der Waals surface area contributed by atoms with Gasteiger partial charge in [0.05, 0.1) is 5.56 Å². The van der Waals surface area contributed by atoms with E-state index in [2.05, 4.69) is 5.32 Å². The molecule has 1 unspecified atom stereocenters. The van der Waals surface area contributed by atoms with Crippen molar-refractivity contribution in [3.05, 3.63) is 34.6 Å². The van der Waals surface area contributed by atoms with E-state index in [1.54, 1.807) is 9.80 Å². The maximum Gasteiger partial charge on any atom is 0.256 e. The van der Waals surface area contributed by atoms with Gasteiger partial charge < -0.3 is 15.1 Å². The molecule has 0 radical (unpaired) electrons. The lowest BCUT2D eigenvalue weighted by Crippen LogP contribution is -2.51. The normalized spacial score (nSPS) is 21.2. The zero-order chi connectivity index (χ0) is 17.1. The Morgan fingerprint density at radius 2 is 1.92 bits per heavy atom. The van der Waals surface area contributed by atoms with E-state index in [9.17, 15) is 14.0 Å². The van der Waals surface area contributed by atoms with E-state index in [4.69, 9.17) is 11.6 Å². The third-order valence-electron chi connectivity index (χ3n) is 4.66. The molecule has 2 aliphatic heterocycles. The zero-order valence-corrected chi connectivity index (χ0v) is 14.2. The zero-order valence-electron chi connectivity index (χ0n) is 13.4. The Bertz CT molecular complexity index is 626. The van der Waals surface area contributed by atoms with E-state index in [1.165, 1.54) is 12.1 Å². The minimum Gasteiger partial charge on any atom is -0.339 e. The summed E-state index contributed by atoms with van der Waals surface area (Å²) >= 11 is 5.72. The predicted molar refractivity (Wildman–Crippen MR) is 89.5 cm³/mol. The van der Waals surface area contributed by atoms with Gasteiger partial charge in [-0.3, -0.25) is 9.59 Å². The first-order valence-corrected chi connectivity index (χ1v) is 8.68. The van der Waals surface area contributed by atoms with E-state index in [-0.39, 0.29) is 28.4 Å². The summed E-state index contributed by atoms with van der Waals surface area (Å²) in [6.07, 6.45) is 2.67. The summed E-state index contributed by atoms with van der Waals surface area (Å²) in [5.74, 6) is -0.841. The number of piperazine rings is 1. The number of amides is 2. The lowest BCUT2D eigenvalue weighted by Gasteiger charge is -2.35. The molecule has 130 valence electrons. The Labute approximate surface area is 145 Å². The van der Waals surface area contributed by atoms with Crippen LogP contribution in [0.2, 0.25) is 5.02 Å². The first kappa shape index (κ1) is 17.2. The van der Waals surface area contributed by atoms with Crippen molar-refractivity contribution in [2.45, 2.75) is 25.3 Å². The lowest BCUT2D eigenvalue weighted by atomic mass is 10.1. The minimum atomic E-state index is -0.613. The molecule has 2 amide bonds. The highest BCUT2D eigenvalue weighted by atomic mass is 35.5. The Morgan fingerprint density at radius 1 is 1.21 bits per heavy atom. The highest BCUT2D eigenvalue weighted by Crippen LogP contribution is 2.18. The van der Waals surface area contributed by atoms with Crippen LogP contribution in [0.5, 0.6) is 0 Å². The van der Waals surface area contributed by atoms with Crippen LogP contribution in [0.25, 0.3) is 0 Å². The summed E-state index contributed by atoms with van der Waals surface area (Å²) in [6, 6.07) is 4.33. The minimum absolute atomic E-state index is 0.0225. The first-order chi connectivity index (χ1) is 11.5. The molecule has 0 aromatic heterocycles. The molecule has 2 saturated heterocycles. The topological polar surface area (TPSA) is 52.7 Å². The second-order valence-electron chi connectivity index (χ2n) is 6.29. The smallest absolute Gasteiger partial charge is 0.256 e. The molecule has 1 N–H and O–H groups in total. The molecule has 3 rings (SSSR count). The molecular formula is C17H21ClFN3O2. The summed E-state index contributed by atoms with van der Waals surface area (Å²) in [5, 5.41) is 3.59. The molecule has 24 heavy (non-hydrogen) atoms. The Balaban J connectivity index is 1.54. The van der Waals surface area contributed by atoms with E-state index in [0.717, 1.165) is 25.5 Å². The van der Waals surface area contributed by atoms with Crippen LogP contribution in [-0.4, -0.2) is 60.4 Å². The third kappa shape index (κ3) is 3.87. The van der Waals surface area contributed by atoms with Crippen LogP contribution in [0.3, 0.4) is 0 Å². The van der Waals surface area contributed by atoms with Crippen molar-refractivity contribution in [2.24, 2.45) is 0 Å². The number of carbonyl (C=O) groups is 2. The van der Waals surface area contributed by atoms with Gasteiger partial charge in [0.2, 0.25) is 5.91 Å². The van der Waals surface area contributed by atoms with Crippen molar-refractivity contribution < 1.29 is 14.0 Å². The molecule has 1 aromatic carbocycles. The molecule has 5 nitrogen and oxygen atoms in total. The number of carbonyl (C=O) groups excluding carboxylic acids is 2. The van der Waals surface area contributed by atoms with Gasteiger partial charge in [-0.25, -0.2) is 4.39 Å². The van der Waals surface area contributed by atoms with Crippen LogP contribution >= 0.6 is 11.6 Å². The highest BCUT2D eigenvalue weighted by molar-refractivity contribution is 6.30. The second-order valence-corrected chi connectivity index (χ2v) is 6.73. The second kappa shape index (κ2) is 7.49. The number of hydrogen-bond donors (Lipinski definition) is 1. The monoisotopic (exact) mass is 353 g/mol. The van der Waals surface area contributed by atoms with E-state index in [1.807, 2.05) is 0 Å². The molecule has 0 spiro atoms. The van der Waals surface area contributed by atoms with Gasteiger partial charge in [-0.15, -0.1) is 0 Å². The summed E-state index contributed by atoms with van der Waals surface area (Å²) in [6.45, 7) is 2.81. The van der Waals surface area contributed by atoms with E-state index < -0.39 is 5.82 Å². The number of hydrogen-bond acceptors (Lipinski definition) is 3. The molecule has 2 aliphatic rings. The molecule has 0 saturated carbocycles. The molecule has 7 heteroatoms. The average molecular weight is 354 g/mol. The van der Waals surface area contributed by atoms with Crippen molar-refractivity contribution >= 4 is 23.4 Å². The van der Waals surface area contributed by atoms with Gasteiger partial charge >= 0.3 is 0 Å². The van der Waals surface area contributed by atoms with Crippen molar-refractivity contribution in [3.8, 4) is 0 Å². The summed E-state index contributed by atoms with van der Waals surface area (Å²) in [7, 11) is 0. The highest BCUT2D eigenvalue weighted by Gasteiger charge is 2.28. The largest absolute Gasteiger partial charge is 0.339 e. The summed E-state index contributed by atoms with van der Waals surface area (Å²) in [5.41, 5.74) is 0.0225. The van der Waals surface area contributed by atoms with Crippen LogP contribution in [0.1, 0.15) is 29.6 Å². The first-order valence-electron chi connectivity index (χ1n) is 8.30. The molecule has 2 heterocycles. The number of benzene rings is 1. The fraction of sp³-hybridized carbons (Fsp3) is 0.529. The lowest BCUT2D eigenvalue weighted by molar-refractivity contribution is -0.133. The maximum absolute atomic E-state index is 13.9. The van der Waals surface area contributed by atoms with Gasteiger partial charge in [0.15, 0.2) is 0 Å². The van der Waals surface area contributed by atoms with Gasteiger partial charge in [0, 0.05) is 43.7 Å². The quantitative estimate of drug-likeness (QED) is 0.903. The standard InChI is InChI=1S/C17H21ClFN3O2/c18-12-3-4-14(15(19)10-12)17(24)22-8-6-21(7-9-22)16(23)11-13-2-1-5-20-13/h3-4,10,13,20H,1-2,5-9,11H2. The van der Waals surface area contributed by atoms with Crippen molar-refractivity contribution in [1.82, 2.24) is 15.1 Å². The third-order valence-corrected chi connectivity index (χ3v) is 4.90. The number of rotatable bonds is 3. The molecule has 0 bridgehead atoms. The van der Waals surface area contributed by atoms with Crippen LogP contribution in [0.4, 0.5) is 4.39 Å². The van der Waals surface area contributed by atoms with Gasteiger partial charge in [-0.1, -0.05) is 11.6 Å². The van der Waals surface area contributed by atoms with E-state index >= 15 is 0 Å². The fourth-order valence-corrected chi connectivity index (χ4v) is 3.42. The number of halogens is 2. The maximum atomic E-state index is 13.9. The Hall–Kier alpha value is -1.66. The molecule has 0 aliphatic carbocycles. The molecular weight excluding hydrogens is 333 g/mol. The van der Waals surface area contributed by atoms with Gasteiger partial charge in [0.25, 0.3) is 5.91 Å². The van der Waals surface area contributed by atoms with E-state index in [0.29, 0.717) is 32.6 Å². The Morgan fingerprint density at radius 3 is 2.54 bits per heavy atom.